The van der Waals surface area contributed by atoms with E-state index in [1.54, 1.807) is 0 Å². The molecule has 0 bridgehead atoms. The average Bonchev–Trinajstić information content (AvgIpc) is 2.52. The van der Waals surface area contributed by atoms with Crippen molar-refractivity contribution < 1.29 is 0 Å². The molecule has 1 aliphatic rings. The van der Waals surface area contributed by atoms with Crippen LogP contribution in [0.5, 0.6) is 0 Å². The van der Waals surface area contributed by atoms with E-state index in [1.165, 1.54) is 38.5 Å². The van der Waals surface area contributed by atoms with Crippen molar-refractivity contribution in [2.75, 3.05) is 20.6 Å². The van der Waals surface area contributed by atoms with Crippen molar-refractivity contribution in [1.82, 2.24) is 10.2 Å². The summed E-state index contributed by atoms with van der Waals surface area (Å²) in [5.41, 5.74) is 0. The fourth-order valence-corrected chi connectivity index (χ4v) is 3.11. The molecule has 0 saturated heterocycles. The molecule has 0 amide bonds. The summed E-state index contributed by atoms with van der Waals surface area (Å²) in [7, 11) is 4.36. The molecule has 0 radical (unpaired) electrons. The minimum Gasteiger partial charge on any atom is -0.310 e. The molecule has 2 heteroatoms. The van der Waals surface area contributed by atoms with Gasteiger partial charge < -0.3 is 10.2 Å². The monoisotopic (exact) mass is 254 g/mol. The Morgan fingerprint density at radius 1 is 1.11 bits per heavy atom. The quantitative estimate of drug-likeness (QED) is 0.730. The molecule has 18 heavy (non-hydrogen) atoms. The van der Waals surface area contributed by atoms with Gasteiger partial charge in [-0.3, -0.25) is 0 Å². The molecule has 0 heterocycles. The molecular formula is C16H34N2. The molecule has 0 aromatic carbocycles. The Morgan fingerprint density at radius 2 is 1.83 bits per heavy atom. The van der Waals surface area contributed by atoms with E-state index < -0.39 is 0 Å². The van der Waals surface area contributed by atoms with Crippen molar-refractivity contribution in [2.24, 2.45) is 11.8 Å². The standard InChI is InChI=1S/C16H34N2/c1-6-14-8-7-9-15(11-10-14)17-16(13(2)3)12-18(4)5/h13-17H,6-12H2,1-5H3. The van der Waals surface area contributed by atoms with Crippen LogP contribution in [0, 0.1) is 11.8 Å². The van der Waals surface area contributed by atoms with Gasteiger partial charge in [-0.2, -0.15) is 0 Å². The van der Waals surface area contributed by atoms with E-state index in [0.29, 0.717) is 6.04 Å². The molecule has 1 saturated carbocycles. The number of hydrogen-bond acceptors (Lipinski definition) is 2. The van der Waals surface area contributed by atoms with Gasteiger partial charge in [-0.1, -0.05) is 40.0 Å². The van der Waals surface area contributed by atoms with Gasteiger partial charge in [0.05, 0.1) is 0 Å². The first-order chi connectivity index (χ1) is 8.52. The molecule has 1 fully saturated rings. The van der Waals surface area contributed by atoms with Gasteiger partial charge in [0, 0.05) is 18.6 Å². The molecule has 3 unspecified atom stereocenters. The Balaban J connectivity index is 2.43. The second-order valence-electron chi connectivity index (χ2n) is 6.76. The zero-order valence-corrected chi connectivity index (χ0v) is 13.2. The lowest BCUT2D eigenvalue weighted by molar-refractivity contribution is 0.259. The third-order valence-electron chi connectivity index (χ3n) is 4.48. The Kier molecular flexibility index (Phi) is 7.25. The molecule has 0 aromatic rings. The summed E-state index contributed by atoms with van der Waals surface area (Å²) >= 11 is 0. The third-order valence-corrected chi connectivity index (χ3v) is 4.48. The fourth-order valence-electron chi connectivity index (χ4n) is 3.11. The lowest BCUT2D eigenvalue weighted by Gasteiger charge is -2.30. The second-order valence-corrected chi connectivity index (χ2v) is 6.76. The highest BCUT2D eigenvalue weighted by Crippen LogP contribution is 2.26. The van der Waals surface area contributed by atoms with E-state index in [4.69, 9.17) is 0 Å². The van der Waals surface area contributed by atoms with Crippen molar-refractivity contribution in [1.29, 1.82) is 0 Å². The summed E-state index contributed by atoms with van der Waals surface area (Å²) in [6.07, 6.45) is 8.44. The maximum absolute atomic E-state index is 3.93. The molecule has 1 aliphatic carbocycles. The molecule has 1 N–H and O–H groups in total. The third kappa shape index (κ3) is 5.71. The van der Waals surface area contributed by atoms with E-state index in [1.807, 2.05) is 0 Å². The highest BCUT2D eigenvalue weighted by Gasteiger charge is 2.22. The van der Waals surface area contributed by atoms with Gasteiger partial charge in [-0.25, -0.2) is 0 Å². The van der Waals surface area contributed by atoms with Crippen LogP contribution in [0.25, 0.3) is 0 Å². The van der Waals surface area contributed by atoms with Crippen molar-refractivity contribution in [3.05, 3.63) is 0 Å². The Hall–Kier alpha value is -0.0800. The first-order valence-corrected chi connectivity index (χ1v) is 7.93. The van der Waals surface area contributed by atoms with Gasteiger partial charge >= 0.3 is 0 Å². The topological polar surface area (TPSA) is 15.3 Å². The summed E-state index contributed by atoms with van der Waals surface area (Å²) in [5.74, 6) is 1.71. The van der Waals surface area contributed by atoms with Crippen LogP contribution in [0.15, 0.2) is 0 Å². The highest BCUT2D eigenvalue weighted by atomic mass is 15.1. The van der Waals surface area contributed by atoms with Crippen LogP contribution in [-0.4, -0.2) is 37.6 Å². The predicted octanol–water partition coefficient (Wildman–Crippen LogP) is 3.52. The largest absolute Gasteiger partial charge is 0.310 e. The number of rotatable bonds is 6. The maximum atomic E-state index is 3.93. The van der Waals surface area contributed by atoms with E-state index in [2.05, 4.69) is 45.1 Å². The smallest absolute Gasteiger partial charge is 0.0220 e. The van der Waals surface area contributed by atoms with Gasteiger partial charge in [0.1, 0.15) is 0 Å². The van der Waals surface area contributed by atoms with Crippen LogP contribution < -0.4 is 5.32 Å². The molecule has 0 spiro atoms. The van der Waals surface area contributed by atoms with Gasteiger partial charge in [0.25, 0.3) is 0 Å². The number of hydrogen-bond donors (Lipinski definition) is 1. The van der Waals surface area contributed by atoms with Crippen LogP contribution >= 0.6 is 0 Å². The molecule has 3 atom stereocenters. The maximum Gasteiger partial charge on any atom is 0.0220 e. The fraction of sp³-hybridized carbons (Fsp3) is 1.00. The van der Waals surface area contributed by atoms with Crippen LogP contribution in [0.4, 0.5) is 0 Å². The van der Waals surface area contributed by atoms with Crippen LogP contribution in [0.1, 0.15) is 59.3 Å². The molecule has 1 rings (SSSR count). The number of nitrogens with one attached hydrogen (secondary N) is 1. The van der Waals surface area contributed by atoms with E-state index >= 15 is 0 Å². The van der Waals surface area contributed by atoms with Gasteiger partial charge in [0.15, 0.2) is 0 Å². The van der Waals surface area contributed by atoms with Crippen LogP contribution in [0.2, 0.25) is 0 Å². The van der Waals surface area contributed by atoms with Crippen LogP contribution in [0.3, 0.4) is 0 Å². The van der Waals surface area contributed by atoms with Gasteiger partial charge in [-0.05, 0) is 45.2 Å². The summed E-state index contributed by atoms with van der Waals surface area (Å²) in [4.78, 5) is 2.31. The van der Waals surface area contributed by atoms with Crippen molar-refractivity contribution in [2.45, 2.75) is 71.4 Å². The Bertz CT molecular complexity index is 213. The van der Waals surface area contributed by atoms with Gasteiger partial charge in [0.2, 0.25) is 0 Å². The first-order valence-electron chi connectivity index (χ1n) is 7.93. The van der Waals surface area contributed by atoms with Crippen molar-refractivity contribution in [3.63, 3.8) is 0 Å². The van der Waals surface area contributed by atoms with E-state index in [0.717, 1.165) is 24.4 Å². The summed E-state index contributed by atoms with van der Waals surface area (Å²) in [6.45, 7) is 8.19. The highest BCUT2D eigenvalue weighted by molar-refractivity contribution is 4.81. The zero-order valence-electron chi connectivity index (χ0n) is 13.2. The lowest BCUT2D eigenvalue weighted by atomic mass is 9.97. The van der Waals surface area contributed by atoms with E-state index in [9.17, 15) is 0 Å². The van der Waals surface area contributed by atoms with E-state index in [-0.39, 0.29) is 0 Å². The molecule has 2 nitrogen and oxygen atoms in total. The average molecular weight is 254 g/mol. The SMILES string of the molecule is CCC1CCCC(NC(CN(C)C)C(C)C)CC1. The number of nitrogens with zero attached hydrogens (tertiary/aromatic N) is 1. The molecule has 0 aliphatic heterocycles. The van der Waals surface area contributed by atoms with Crippen molar-refractivity contribution >= 4 is 0 Å². The predicted molar refractivity (Wildman–Crippen MR) is 81.0 cm³/mol. The van der Waals surface area contributed by atoms with Crippen molar-refractivity contribution in [3.8, 4) is 0 Å². The Morgan fingerprint density at radius 3 is 2.39 bits per heavy atom. The Labute approximate surface area is 115 Å². The zero-order chi connectivity index (χ0) is 13.5. The summed E-state index contributed by atoms with van der Waals surface area (Å²) in [6, 6.07) is 1.40. The first kappa shape index (κ1) is 16.0. The normalized spacial score (nSPS) is 27.5. The summed E-state index contributed by atoms with van der Waals surface area (Å²) < 4.78 is 0. The second kappa shape index (κ2) is 8.16. The lowest BCUT2D eigenvalue weighted by Crippen LogP contribution is -2.46. The number of likely N-dealkylation sites (N-methyl/N-ethyl adjacent to an activating group) is 1. The van der Waals surface area contributed by atoms with Gasteiger partial charge in [-0.15, -0.1) is 0 Å². The minimum absolute atomic E-state index is 0.642. The molecule has 0 aromatic heterocycles. The summed E-state index contributed by atoms with van der Waals surface area (Å²) in [5, 5.41) is 3.93. The molecular weight excluding hydrogens is 220 g/mol. The van der Waals surface area contributed by atoms with Crippen LogP contribution in [-0.2, 0) is 0 Å². The minimum atomic E-state index is 0.642. The molecule has 108 valence electrons.